The third-order valence-corrected chi connectivity index (χ3v) is 6.61. The van der Waals surface area contributed by atoms with Crippen molar-refractivity contribution in [1.82, 2.24) is 0 Å². The van der Waals surface area contributed by atoms with E-state index in [1.807, 2.05) is 19.9 Å². The maximum Gasteiger partial charge on any atom is 0.264 e. The highest BCUT2D eigenvalue weighted by molar-refractivity contribution is 9.10. The van der Waals surface area contributed by atoms with Gasteiger partial charge in [-0.15, -0.1) is 0 Å². The number of anilines is 1. The van der Waals surface area contributed by atoms with Crippen LogP contribution in [0.4, 0.5) is 5.69 Å². The Morgan fingerprint density at radius 1 is 1.27 bits per heavy atom. The average molecular weight is 441 g/mol. The number of hydrogen-bond donors (Lipinski definition) is 1. The van der Waals surface area contributed by atoms with Crippen molar-refractivity contribution in [2.45, 2.75) is 24.8 Å². The van der Waals surface area contributed by atoms with Gasteiger partial charge in [-0.25, -0.2) is 8.42 Å². The lowest BCUT2D eigenvalue weighted by atomic mass is 10.1. The lowest BCUT2D eigenvalue weighted by Gasteiger charge is -2.36. The Hall–Kier alpha value is -1.77. The Bertz CT molecular complexity index is 946. The molecule has 1 heterocycles. The van der Waals surface area contributed by atoms with E-state index < -0.39 is 16.1 Å². The summed E-state index contributed by atoms with van der Waals surface area (Å²) >= 11 is 3.43. The van der Waals surface area contributed by atoms with E-state index >= 15 is 0 Å². The maximum atomic E-state index is 13.4. The number of sulfonamides is 1. The molecule has 2 aromatic carbocycles. The van der Waals surface area contributed by atoms with Gasteiger partial charge in [-0.05, 0) is 43.2 Å². The second-order valence-electron chi connectivity index (χ2n) is 6.21. The van der Waals surface area contributed by atoms with Gasteiger partial charge in [0.15, 0.2) is 0 Å². The molecule has 0 saturated carbocycles. The molecule has 8 heteroatoms. The molecule has 6 nitrogen and oxygen atoms in total. The lowest BCUT2D eigenvalue weighted by Crippen LogP contribution is -2.46. The normalized spacial score (nSPS) is 16.8. The molecule has 1 aliphatic rings. The molecule has 0 aliphatic carbocycles. The van der Waals surface area contributed by atoms with Crippen LogP contribution in [0.2, 0.25) is 0 Å². The molecular weight excluding hydrogens is 420 g/mol. The molecule has 26 heavy (non-hydrogen) atoms. The van der Waals surface area contributed by atoms with Crippen molar-refractivity contribution in [3.63, 3.8) is 0 Å². The van der Waals surface area contributed by atoms with Gasteiger partial charge in [0.25, 0.3) is 10.0 Å². The molecule has 2 N–H and O–H groups in total. The van der Waals surface area contributed by atoms with Crippen molar-refractivity contribution < 1.29 is 17.9 Å². The van der Waals surface area contributed by atoms with Gasteiger partial charge in [-0.3, -0.25) is 4.31 Å². The van der Waals surface area contributed by atoms with Crippen molar-refractivity contribution >= 4 is 31.6 Å². The summed E-state index contributed by atoms with van der Waals surface area (Å²) in [7, 11) is -2.28. The number of aryl methyl sites for hydroxylation is 2. The molecular formula is C18H21BrN2O4S. The minimum atomic E-state index is -3.80. The van der Waals surface area contributed by atoms with E-state index in [-0.39, 0.29) is 18.0 Å². The van der Waals surface area contributed by atoms with Crippen molar-refractivity contribution in [2.24, 2.45) is 5.73 Å². The minimum Gasteiger partial charge on any atom is -0.496 e. The fourth-order valence-corrected chi connectivity index (χ4v) is 5.04. The average Bonchev–Trinajstić information content (AvgIpc) is 2.61. The van der Waals surface area contributed by atoms with Crippen LogP contribution in [0.25, 0.3) is 0 Å². The number of ether oxygens (including phenoxy) is 2. The summed E-state index contributed by atoms with van der Waals surface area (Å²) < 4.78 is 40.1. The van der Waals surface area contributed by atoms with E-state index in [0.717, 1.165) is 15.6 Å². The molecule has 1 atom stereocenters. The highest BCUT2D eigenvalue weighted by Crippen LogP contribution is 2.41. The predicted octanol–water partition coefficient (Wildman–Crippen LogP) is 2.99. The first-order chi connectivity index (χ1) is 12.3. The van der Waals surface area contributed by atoms with E-state index in [0.29, 0.717) is 17.2 Å². The van der Waals surface area contributed by atoms with E-state index in [1.54, 1.807) is 24.3 Å². The van der Waals surface area contributed by atoms with Gasteiger partial charge in [-0.2, -0.15) is 0 Å². The summed E-state index contributed by atoms with van der Waals surface area (Å²) in [5.74, 6) is 1.07. The Morgan fingerprint density at radius 2 is 2.00 bits per heavy atom. The Labute approximate surface area is 162 Å². The maximum absolute atomic E-state index is 13.4. The number of halogens is 1. The first kappa shape index (κ1) is 19.0. The van der Waals surface area contributed by atoms with Crippen LogP contribution < -0.4 is 19.5 Å². The van der Waals surface area contributed by atoms with Gasteiger partial charge in [0.2, 0.25) is 0 Å². The van der Waals surface area contributed by atoms with Crippen molar-refractivity contribution in [3.8, 4) is 11.5 Å². The van der Waals surface area contributed by atoms with Crippen LogP contribution in [-0.4, -0.2) is 34.7 Å². The first-order valence-electron chi connectivity index (χ1n) is 8.12. The zero-order valence-electron chi connectivity index (χ0n) is 14.8. The Kier molecular flexibility index (Phi) is 5.18. The monoisotopic (exact) mass is 440 g/mol. The SMILES string of the molecule is COc1cc(S(=O)(=O)N2CC(CN)Oc3c(C)cc(Br)cc32)ccc1C. The molecule has 0 aromatic heterocycles. The summed E-state index contributed by atoms with van der Waals surface area (Å²) in [6, 6.07) is 8.50. The van der Waals surface area contributed by atoms with Gasteiger partial charge in [0.05, 0.1) is 24.2 Å². The second kappa shape index (κ2) is 7.09. The summed E-state index contributed by atoms with van der Waals surface area (Å²) in [5, 5.41) is 0. The summed E-state index contributed by atoms with van der Waals surface area (Å²) in [6.07, 6.45) is -0.413. The molecule has 0 radical (unpaired) electrons. The number of methoxy groups -OCH3 is 1. The van der Waals surface area contributed by atoms with Crippen molar-refractivity contribution in [1.29, 1.82) is 0 Å². The van der Waals surface area contributed by atoms with Crippen LogP contribution in [0, 0.1) is 13.8 Å². The number of rotatable bonds is 4. The van der Waals surface area contributed by atoms with Gasteiger partial charge in [-0.1, -0.05) is 22.0 Å². The highest BCUT2D eigenvalue weighted by atomic mass is 79.9. The standard InChI is InChI=1S/C18H21BrN2O4S/c1-11-4-5-15(8-17(11)24-3)26(22,23)21-10-14(9-20)25-18-12(2)6-13(19)7-16(18)21/h4-8,14H,9-10,20H2,1-3H3. The Balaban J connectivity index is 2.16. The molecule has 3 rings (SSSR count). The number of nitrogens with two attached hydrogens (primary N) is 1. The summed E-state index contributed by atoms with van der Waals surface area (Å²) in [5.41, 5.74) is 7.99. The molecule has 140 valence electrons. The summed E-state index contributed by atoms with van der Waals surface area (Å²) in [6.45, 7) is 4.11. The van der Waals surface area contributed by atoms with Gasteiger partial charge in [0.1, 0.15) is 17.6 Å². The highest BCUT2D eigenvalue weighted by Gasteiger charge is 2.35. The van der Waals surface area contributed by atoms with Crippen LogP contribution in [0.5, 0.6) is 11.5 Å². The smallest absolute Gasteiger partial charge is 0.264 e. The molecule has 1 aliphatic heterocycles. The van der Waals surface area contributed by atoms with Crippen LogP contribution >= 0.6 is 15.9 Å². The van der Waals surface area contributed by atoms with E-state index in [2.05, 4.69) is 15.9 Å². The fraction of sp³-hybridized carbons (Fsp3) is 0.333. The zero-order chi connectivity index (χ0) is 19.1. The molecule has 0 amide bonds. The number of hydrogen-bond acceptors (Lipinski definition) is 5. The lowest BCUT2D eigenvalue weighted by molar-refractivity contribution is 0.206. The van der Waals surface area contributed by atoms with Crippen LogP contribution in [0.3, 0.4) is 0 Å². The second-order valence-corrected chi connectivity index (χ2v) is 8.99. The molecule has 0 spiro atoms. The zero-order valence-corrected chi connectivity index (χ0v) is 17.2. The molecule has 0 fully saturated rings. The largest absolute Gasteiger partial charge is 0.496 e. The third kappa shape index (κ3) is 3.28. The van der Waals surface area contributed by atoms with Crippen LogP contribution in [0.15, 0.2) is 39.7 Å². The minimum absolute atomic E-state index is 0.151. The number of benzene rings is 2. The van der Waals surface area contributed by atoms with E-state index in [1.165, 1.54) is 11.4 Å². The molecule has 1 unspecified atom stereocenters. The summed E-state index contributed by atoms with van der Waals surface area (Å²) in [4.78, 5) is 0.168. The first-order valence-corrected chi connectivity index (χ1v) is 10.4. The van der Waals surface area contributed by atoms with Crippen molar-refractivity contribution in [2.75, 3.05) is 24.5 Å². The van der Waals surface area contributed by atoms with Gasteiger partial charge >= 0.3 is 0 Å². The molecule has 0 saturated heterocycles. The van der Waals surface area contributed by atoms with Crippen molar-refractivity contribution in [3.05, 3.63) is 45.9 Å². The van der Waals surface area contributed by atoms with Crippen LogP contribution in [-0.2, 0) is 10.0 Å². The Morgan fingerprint density at radius 3 is 2.65 bits per heavy atom. The third-order valence-electron chi connectivity index (χ3n) is 4.37. The predicted molar refractivity (Wildman–Crippen MR) is 105 cm³/mol. The van der Waals surface area contributed by atoms with Crippen LogP contribution in [0.1, 0.15) is 11.1 Å². The van der Waals surface area contributed by atoms with Gasteiger partial charge in [0, 0.05) is 17.1 Å². The fourth-order valence-electron chi connectivity index (χ4n) is 2.98. The quantitative estimate of drug-likeness (QED) is 0.789. The molecule has 2 aromatic rings. The topological polar surface area (TPSA) is 81.9 Å². The molecule has 0 bridgehead atoms. The van der Waals surface area contributed by atoms with E-state index in [9.17, 15) is 8.42 Å². The number of nitrogens with zero attached hydrogens (tertiary/aromatic N) is 1. The van der Waals surface area contributed by atoms with Gasteiger partial charge < -0.3 is 15.2 Å². The number of fused-ring (bicyclic) bond motifs is 1. The van der Waals surface area contributed by atoms with E-state index in [4.69, 9.17) is 15.2 Å².